The fourth-order valence-corrected chi connectivity index (χ4v) is 4.50. The van der Waals surface area contributed by atoms with E-state index in [1.165, 1.54) is 44.9 Å². The summed E-state index contributed by atoms with van der Waals surface area (Å²) in [5, 5.41) is 0. The van der Waals surface area contributed by atoms with Crippen LogP contribution in [0.1, 0.15) is 92.9 Å². The molecule has 0 N–H and O–H groups in total. The molecule has 0 spiro atoms. The molecular weight excluding hydrogens is 296 g/mol. The molecule has 2 aliphatic carbocycles. The molecule has 0 bridgehead atoms. The normalized spacial score (nSPS) is 31.8. The zero-order chi connectivity index (χ0) is 17.8. The van der Waals surface area contributed by atoms with Crippen LogP contribution in [0.2, 0.25) is 0 Å². The lowest BCUT2D eigenvalue weighted by Crippen LogP contribution is -2.34. The third-order valence-electron chi connectivity index (χ3n) is 5.99. The Bertz CT molecular complexity index is 349. The quantitative estimate of drug-likeness (QED) is 0.512. The summed E-state index contributed by atoms with van der Waals surface area (Å²) < 4.78 is 12.1. The highest BCUT2D eigenvalue weighted by Crippen LogP contribution is 2.39. The van der Waals surface area contributed by atoms with Gasteiger partial charge in [-0.2, -0.15) is 0 Å². The van der Waals surface area contributed by atoms with Gasteiger partial charge in [-0.25, -0.2) is 0 Å². The van der Waals surface area contributed by atoms with Crippen LogP contribution in [0.25, 0.3) is 0 Å². The summed E-state index contributed by atoms with van der Waals surface area (Å²) in [6.45, 7) is 15.9. The molecule has 0 unspecified atom stereocenters. The van der Waals surface area contributed by atoms with Crippen LogP contribution in [0.15, 0.2) is 0 Å². The summed E-state index contributed by atoms with van der Waals surface area (Å²) in [6.07, 6.45) is 11.1. The Morgan fingerprint density at radius 3 is 1.79 bits per heavy atom. The molecule has 0 amide bonds. The van der Waals surface area contributed by atoms with Gasteiger partial charge in [-0.3, -0.25) is 0 Å². The Balaban J connectivity index is 1.45. The van der Waals surface area contributed by atoms with Crippen LogP contribution >= 0.6 is 0 Å². The summed E-state index contributed by atoms with van der Waals surface area (Å²) in [7, 11) is 0. The number of hydrogen-bond donors (Lipinski definition) is 0. The Kier molecular flexibility index (Phi) is 7.20. The van der Waals surface area contributed by atoms with Crippen molar-refractivity contribution in [3.05, 3.63) is 0 Å². The monoisotopic (exact) mass is 338 g/mol. The second-order valence-electron chi connectivity index (χ2n) is 10.7. The third kappa shape index (κ3) is 7.04. The molecule has 2 fully saturated rings. The van der Waals surface area contributed by atoms with Gasteiger partial charge in [-0.1, -0.05) is 41.5 Å². The second-order valence-corrected chi connectivity index (χ2v) is 10.7. The molecule has 0 aliphatic heterocycles. The van der Waals surface area contributed by atoms with Crippen molar-refractivity contribution in [3.63, 3.8) is 0 Å². The molecule has 2 aliphatic rings. The molecule has 2 heteroatoms. The van der Waals surface area contributed by atoms with Crippen molar-refractivity contribution in [2.45, 2.75) is 105 Å². The highest BCUT2D eigenvalue weighted by atomic mass is 16.5. The molecular formula is C22H42O2. The standard InChI is InChI=1S/C22H42O2/c1-21(2,3)16-17-14-20(15-17)24-13-7-12-23-19-10-8-18(9-11-19)22(4,5)6/h17-20H,7-16H2,1-6H3. The van der Waals surface area contributed by atoms with Crippen LogP contribution in [0.3, 0.4) is 0 Å². The maximum atomic E-state index is 6.08. The molecule has 0 aromatic rings. The molecule has 0 aromatic heterocycles. The highest BCUT2D eigenvalue weighted by molar-refractivity contribution is 4.83. The fraction of sp³-hybridized carbons (Fsp3) is 1.00. The van der Waals surface area contributed by atoms with Crippen molar-refractivity contribution in [3.8, 4) is 0 Å². The first-order valence-corrected chi connectivity index (χ1v) is 10.4. The van der Waals surface area contributed by atoms with Crippen molar-refractivity contribution in [1.29, 1.82) is 0 Å². The van der Waals surface area contributed by atoms with Crippen LogP contribution in [0.4, 0.5) is 0 Å². The SMILES string of the molecule is CC(C)(C)CC1CC(OCCCOC2CCC(C(C)(C)C)CC2)C1. The van der Waals surface area contributed by atoms with E-state index in [1.807, 2.05) is 0 Å². The van der Waals surface area contributed by atoms with E-state index < -0.39 is 0 Å². The van der Waals surface area contributed by atoms with Gasteiger partial charge in [0.1, 0.15) is 0 Å². The molecule has 142 valence electrons. The Hall–Kier alpha value is -0.0800. The minimum Gasteiger partial charge on any atom is -0.378 e. The van der Waals surface area contributed by atoms with E-state index in [1.54, 1.807) is 0 Å². The van der Waals surface area contributed by atoms with E-state index >= 15 is 0 Å². The molecule has 0 heterocycles. The minimum absolute atomic E-state index is 0.465. The van der Waals surface area contributed by atoms with Crippen molar-refractivity contribution < 1.29 is 9.47 Å². The zero-order valence-electron chi connectivity index (χ0n) is 17.2. The number of rotatable bonds is 7. The van der Waals surface area contributed by atoms with Crippen LogP contribution in [0.5, 0.6) is 0 Å². The van der Waals surface area contributed by atoms with Crippen molar-refractivity contribution in [2.24, 2.45) is 22.7 Å². The van der Waals surface area contributed by atoms with Gasteiger partial charge in [0.25, 0.3) is 0 Å². The number of ether oxygens (including phenoxy) is 2. The fourth-order valence-electron chi connectivity index (χ4n) is 4.50. The summed E-state index contributed by atoms with van der Waals surface area (Å²) in [5.74, 6) is 1.77. The average Bonchev–Trinajstić information content (AvgIpc) is 2.42. The first-order chi connectivity index (χ1) is 11.1. The van der Waals surface area contributed by atoms with Crippen LogP contribution in [-0.4, -0.2) is 25.4 Å². The first kappa shape index (κ1) is 20.2. The Morgan fingerprint density at radius 1 is 0.750 bits per heavy atom. The van der Waals surface area contributed by atoms with Crippen molar-refractivity contribution in [1.82, 2.24) is 0 Å². The van der Waals surface area contributed by atoms with Gasteiger partial charge in [-0.05, 0) is 74.0 Å². The largest absolute Gasteiger partial charge is 0.378 e. The van der Waals surface area contributed by atoms with E-state index in [0.29, 0.717) is 23.0 Å². The third-order valence-corrected chi connectivity index (χ3v) is 5.99. The zero-order valence-corrected chi connectivity index (χ0v) is 17.2. The van der Waals surface area contributed by atoms with Gasteiger partial charge in [-0.15, -0.1) is 0 Å². The summed E-state index contributed by atoms with van der Waals surface area (Å²) >= 11 is 0. The predicted molar refractivity (Wildman–Crippen MR) is 102 cm³/mol. The second kappa shape index (κ2) is 8.54. The molecule has 2 nitrogen and oxygen atoms in total. The van der Waals surface area contributed by atoms with E-state index in [4.69, 9.17) is 9.47 Å². The lowest BCUT2D eigenvalue weighted by molar-refractivity contribution is -0.0539. The molecule has 2 rings (SSSR count). The van der Waals surface area contributed by atoms with Gasteiger partial charge in [0, 0.05) is 13.2 Å². The van der Waals surface area contributed by atoms with Gasteiger partial charge in [0.05, 0.1) is 12.2 Å². The van der Waals surface area contributed by atoms with E-state index in [0.717, 1.165) is 31.5 Å². The lowest BCUT2D eigenvalue weighted by Gasteiger charge is -2.38. The topological polar surface area (TPSA) is 18.5 Å². The molecule has 24 heavy (non-hydrogen) atoms. The lowest BCUT2D eigenvalue weighted by atomic mass is 9.72. The molecule has 0 aromatic carbocycles. The van der Waals surface area contributed by atoms with Gasteiger partial charge in [0.15, 0.2) is 0 Å². The van der Waals surface area contributed by atoms with Crippen LogP contribution in [-0.2, 0) is 9.47 Å². The summed E-state index contributed by atoms with van der Waals surface area (Å²) in [4.78, 5) is 0. The summed E-state index contributed by atoms with van der Waals surface area (Å²) in [6, 6.07) is 0. The molecule has 0 atom stereocenters. The average molecular weight is 339 g/mol. The van der Waals surface area contributed by atoms with Gasteiger partial charge in [0.2, 0.25) is 0 Å². The minimum atomic E-state index is 0.465. The molecule has 0 saturated heterocycles. The van der Waals surface area contributed by atoms with Gasteiger partial charge < -0.3 is 9.47 Å². The van der Waals surface area contributed by atoms with Crippen LogP contribution < -0.4 is 0 Å². The number of hydrogen-bond acceptors (Lipinski definition) is 2. The maximum Gasteiger partial charge on any atom is 0.0580 e. The predicted octanol–water partition coefficient (Wildman–Crippen LogP) is 6.23. The Morgan fingerprint density at radius 2 is 1.29 bits per heavy atom. The molecule has 2 saturated carbocycles. The summed E-state index contributed by atoms with van der Waals surface area (Å²) in [5.41, 5.74) is 0.932. The van der Waals surface area contributed by atoms with Crippen molar-refractivity contribution in [2.75, 3.05) is 13.2 Å². The van der Waals surface area contributed by atoms with E-state index in [9.17, 15) is 0 Å². The maximum absolute atomic E-state index is 6.08. The van der Waals surface area contributed by atoms with E-state index in [-0.39, 0.29) is 0 Å². The first-order valence-electron chi connectivity index (χ1n) is 10.4. The smallest absolute Gasteiger partial charge is 0.0580 e. The Labute approximate surface area is 151 Å². The highest BCUT2D eigenvalue weighted by Gasteiger charge is 2.32. The van der Waals surface area contributed by atoms with Crippen LogP contribution in [0, 0.1) is 22.7 Å². The molecule has 0 radical (unpaired) electrons. The van der Waals surface area contributed by atoms with Gasteiger partial charge >= 0.3 is 0 Å². The van der Waals surface area contributed by atoms with E-state index in [2.05, 4.69) is 41.5 Å². The van der Waals surface area contributed by atoms with Crippen molar-refractivity contribution >= 4 is 0 Å².